The van der Waals surface area contributed by atoms with Crippen molar-refractivity contribution in [1.82, 2.24) is 0 Å². The van der Waals surface area contributed by atoms with Crippen LogP contribution in [0, 0.1) is 0 Å². The molecule has 0 N–H and O–H groups in total. The molecule has 0 amide bonds. The second-order valence-electron chi connectivity index (χ2n) is 6.14. The summed E-state index contributed by atoms with van der Waals surface area (Å²) in [5, 5.41) is 1.58. The van der Waals surface area contributed by atoms with E-state index in [1.54, 1.807) is 5.25 Å². The van der Waals surface area contributed by atoms with Gasteiger partial charge in [-0.25, -0.2) is 0 Å². The van der Waals surface area contributed by atoms with Crippen molar-refractivity contribution in [2.45, 2.75) is 87.2 Å². The summed E-state index contributed by atoms with van der Waals surface area (Å²) in [4.78, 5) is 0. The van der Waals surface area contributed by atoms with Gasteiger partial charge in [-0.2, -0.15) is 0 Å². The quantitative estimate of drug-likeness (QED) is 0.345. The fourth-order valence-electron chi connectivity index (χ4n) is 1.97. The zero-order chi connectivity index (χ0) is 11.6. The van der Waals surface area contributed by atoms with Gasteiger partial charge in [-0.3, -0.25) is 0 Å². The number of rotatable bonds is 10. The van der Waals surface area contributed by atoms with E-state index in [4.69, 9.17) is 0 Å². The molecule has 0 aromatic heterocycles. The first kappa shape index (κ1) is 15.5. The Labute approximate surface area is 101 Å². The zero-order valence-electron chi connectivity index (χ0n) is 11.6. The maximum absolute atomic E-state index is 2.53. The van der Waals surface area contributed by atoms with Crippen molar-refractivity contribution < 1.29 is 0 Å². The van der Waals surface area contributed by atoms with Crippen molar-refractivity contribution in [3.63, 3.8) is 0 Å². The van der Waals surface area contributed by atoms with Crippen LogP contribution >= 0.6 is 0 Å². The van der Waals surface area contributed by atoms with E-state index in [1.165, 1.54) is 57.8 Å². The molecule has 0 aliphatic heterocycles. The second-order valence-corrected chi connectivity index (χ2v) is 17.9. The van der Waals surface area contributed by atoms with Crippen LogP contribution < -0.4 is 0 Å². The molecule has 1 heteroatoms. The third-order valence-electron chi connectivity index (χ3n) is 3.03. The van der Waals surface area contributed by atoms with E-state index in [9.17, 15) is 0 Å². The Morgan fingerprint density at radius 3 is 1.40 bits per heavy atom. The monoisotopic (exact) mass is 274 g/mol. The Kier molecular flexibility index (Phi) is 10.1. The molecule has 0 aromatic carbocycles. The van der Waals surface area contributed by atoms with E-state index >= 15 is 0 Å². The minimum atomic E-state index is -1.19. The molecule has 0 spiro atoms. The Hall–Kier alpha value is 0.543. The van der Waals surface area contributed by atoms with Gasteiger partial charge in [0.25, 0.3) is 0 Å². The van der Waals surface area contributed by atoms with Crippen molar-refractivity contribution in [1.29, 1.82) is 0 Å². The van der Waals surface area contributed by atoms with E-state index in [1.807, 2.05) is 0 Å². The van der Waals surface area contributed by atoms with Crippen molar-refractivity contribution in [2.24, 2.45) is 0 Å². The van der Waals surface area contributed by atoms with E-state index in [-0.39, 0.29) is 0 Å². The predicted octanol–water partition coefficient (Wildman–Crippen LogP) is 5.86. The molecule has 0 heterocycles. The maximum atomic E-state index is 2.53. The summed E-state index contributed by atoms with van der Waals surface area (Å²) < 4.78 is 0. The van der Waals surface area contributed by atoms with E-state index < -0.39 is 13.3 Å². The normalized spacial score (nSPS) is 12.0. The summed E-state index contributed by atoms with van der Waals surface area (Å²) >= 11 is -1.19. The van der Waals surface area contributed by atoms with Gasteiger partial charge in [0.2, 0.25) is 0 Å². The summed E-state index contributed by atoms with van der Waals surface area (Å²) in [6.45, 7) is 2.29. The molecule has 0 saturated heterocycles. The van der Waals surface area contributed by atoms with Gasteiger partial charge < -0.3 is 0 Å². The van der Waals surface area contributed by atoms with Crippen LogP contribution in [0.1, 0.15) is 64.7 Å². The topological polar surface area (TPSA) is 0 Å². The summed E-state index contributed by atoms with van der Waals surface area (Å²) in [5.41, 5.74) is 0. The van der Waals surface area contributed by atoms with E-state index in [0.29, 0.717) is 0 Å². The van der Waals surface area contributed by atoms with Crippen LogP contribution in [0.5, 0.6) is 0 Å². The Morgan fingerprint density at radius 1 is 0.600 bits per heavy atom. The summed E-state index contributed by atoms with van der Waals surface area (Å²) in [7, 11) is 0. The molecular weight excluding hydrogens is 241 g/mol. The second kappa shape index (κ2) is 9.75. The van der Waals surface area contributed by atoms with Gasteiger partial charge in [0.15, 0.2) is 0 Å². The molecule has 0 unspecified atom stereocenters. The molecule has 0 nitrogen and oxygen atoms in total. The van der Waals surface area contributed by atoms with Gasteiger partial charge in [-0.15, -0.1) is 0 Å². The molecule has 0 atom stereocenters. The Balaban J connectivity index is 2.99. The average molecular weight is 273 g/mol. The fraction of sp³-hybridized carbons (Fsp3) is 1.00. The Morgan fingerprint density at radius 2 is 1.00 bits per heavy atom. The molecule has 92 valence electrons. The zero-order valence-corrected chi connectivity index (χ0v) is 13.7. The van der Waals surface area contributed by atoms with Crippen LogP contribution in [0.25, 0.3) is 0 Å². The molecule has 0 saturated carbocycles. The van der Waals surface area contributed by atoms with Crippen LogP contribution in [-0.2, 0) is 0 Å². The summed E-state index contributed by atoms with van der Waals surface area (Å²) in [6, 6.07) is 0. The predicted molar refractivity (Wildman–Crippen MR) is 75.4 cm³/mol. The SMILES string of the molecule is CCCCCCCCCC[CH2][Ge]([CH3])([CH3])[CH3]. The third-order valence-corrected chi connectivity index (χ3v) is 6.92. The van der Waals surface area contributed by atoms with Gasteiger partial charge >= 0.3 is 100 Å². The minimum absolute atomic E-state index is 1.19. The van der Waals surface area contributed by atoms with Gasteiger partial charge in [0.1, 0.15) is 0 Å². The van der Waals surface area contributed by atoms with Crippen molar-refractivity contribution in [2.75, 3.05) is 0 Å². The van der Waals surface area contributed by atoms with Gasteiger partial charge in [0, 0.05) is 0 Å². The van der Waals surface area contributed by atoms with Gasteiger partial charge in [-0.1, -0.05) is 0 Å². The van der Waals surface area contributed by atoms with Gasteiger partial charge in [-0.05, 0) is 0 Å². The standard InChI is InChI=1S/C14H32Ge/c1-5-6-7-8-9-10-11-12-13-14-15(2,3)4/h5-14H2,1-4H3. The van der Waals surface area contributed by atoms with Crippen molar-refractivity contribution in [3.05, 3.63) is 0 Å². The molecule has 0 aromatic rings. The Bertz CT molecular complexity index is 124. The van der Waals surface area contributed by atoms with Gasteiger partial charge in [0.05, 0.1) is 0 Å². The molecule has 0 rings (SSSR count). The summed E-state index contributed by atoms with van der Waals surface area (Å²) in [6.07, 6.45) is 13.2. The molecular formula is C14H32Ge. The number of hydrogen-bond donors (Lipinski definition) is 0. The van der Waals surface area contributed by atoms with Crippen LogP contribution in [0.4, 0.5) is 0 Å². The van der Waals surface area contributed by atoms with E-state index in [2.05, 4.69) is 24.2 Å². The molecule has 0 bridgehead atoms. The molecule has 0 aliphatic carbocycles. The first-order valence-electron chi connectivity index (χ1n) is 7.06. The fourth-order valence-corrected chi connectivity index (χ4v) is 4.72. The number of unbranched alkanes of at least 4 members (excludes halogenated alkanes) is 8. The van der Waals surface area contributed by atoms with Crippen molar-refractivity contribution in [3.8, 4) is 0 Å². The molecule has 0 aliphatic rings. The van der Waals surface area contributed by atoms with Crippen LogP contribution in [0.2, 0.25) is 22.5 Å². The third kappa shape index (κ3) is 14.5. The van der Waals surface area contributed by atoms with Crippen LogP contribution in [0.15, 0.2) is 0 Å². The van der Waals surface area contributed by atoms with Crippen LogP contribution in [0.3, 0.4) is 0 Å². The number of hydrogen-bond acceptors (Lipinski definition) is 0. The molecule has 0 fully saturated rings. The first-order valence-corrected chi connectivity index (χ1v) is 14.8. The van der Waals surface area contributed by atoms with Crippen LogP contribution in [-0.4, -0.2) is 13.3 Å². The molecule has 15 heavy (non-hydrogen) atoms. The summed E-state index contributed by atoms with van der Waals surface area (Å²) in [5.74, 6) is 7.60. The van der Waals surface area contributed by atoms with Crippen molar-refractivity contribution >= 4 is 13.3 Å². The van der Waals surface area contributed by atoms with E-state index in [0.717, 1.165) is 0 Å². The first-order chi connectivity index (χ1) is 7.06. The average Bonchev–Trinajstić information content (AvgIpc) is 2.14. The molecule has 0 radical (unpaired) electrons.